The quantitative estimate of drug-likeness (QED) is 0.278. The van der Waals surface area contributed by atoms with Crippen molar-refractivity contribution in [2.24, 2.45) is 10.4 Å². The Labute approximate surface area is 227 Å². The highest BCUT2D eigenvalue weighted by Gasteiger charge is 2.38. The predicted molar refractivity (Wildman–Crippen MR) is 150 cm³/mol. The van der Waals surface area contributed by atoms with Gasteiger partial charge in [-0.15, -0.1) is 0 Å². The number of H-pyrrole nitrogens is 1. The van der Waals surface area contributed by atoms with E-state index in [0.29, 0.717) is 49.3 Å². The minimum atomic E-state index is -0.515. The summed E-state index contributed by atoms with van der Waals surface area (Å²) < 4.78 is 14.6. The molecule has 1 aliphatic rings. The molecule has 4 rings (SSSR count). The van der Waals surface area contributed by atoms with Crippen LogP contribution in [-0.4, -0.2) is 61.7 Å². The number of carbonyl (C=O) groups excluding carboxylic acids is 1. The molecule has 39 heavy (non-hydrogen) atoms. The van der Waals surface area contributed by atoms with E-state index < -0.39 is 11.2 Å². The van der Waals surface area contributed by atoms with Gasteiger partial charge in [-0.2, -0.15) is 15.2 Å². The summed E-state index contributed by atoms with van der Waals surface area (Å²) in [5.74, 6) is 1.93. The summed E-state index contributed by atoms with van der Waals surface area (Å²) in [7, 11) is 0. The molecule has 3 aromatic rings. The van der Waals surface area contributed by atoms with Crippen LogP contribution in [0, 0.1) is 25.1 Å². The third kappa shape index (κ3) is 6.75. The van der Waals surface area contributed by atoms with Crippen LogP contribution in [0.1, 0.15) is 45.0 Å². The van der Waals surface area contributed by atoms with Crippen molar-refractivity contribution in [3.63, 3.8) is 0 Å². The molecular weight excluding hydrogens is 499 g/mol. The van der Waals surface area contributed by atoms with Crippen molar-refractivity contribution < 1.29 is 9.18 Å². The highest BCUT2D eigenvalue weighted by Crippen LogP contribution is 2.33. The van der Waals surface area contributed by atoms with Gasteiger partial charge in [0.15, 0.2) is 17.5 Å². The van der Waals surface area contributed by atoms with Crippen molar-refractivity contribution in [2.75, 3.05) is 23.3 Å². The zero-order chi connectivity index (χ0) is 28.2. The van der Waals surface area contributed by atoms with Crippen LogP contribution in [-0.2, 0) is 4.79 Å². The van der Waals surface area contributed by atoms with Gasteiger partial charge in [0.2, 0.25) is 11.9 Å². The van der Waals surface area contributed by atoms with E-state index in [1.54, 1.807) is 6.08 Å². The van der Waals surface area contributed by atoms with E-state index in [2.05, 4.69) is 52.5 Å². The molecule has 3 N–H and O–H groups in total. The Bertz CT molecular complexity index is 1400. The monoisotopic (exact) mass is 534 g/mol. The van der Waals surface area contributed by atoms with Gasteiger partial charge < -0.3 is 15.5 Å². The van der Waals surface area contributed by atoms with Crippen LogP contribution in [0.25, 0.3) is 5.82 Å². The van der Waals surface area contributed by atoms with Crippen molar-refractivity contribution in [2.45, 2.75) is 53.5 Å². The Morgan fingerprint density at radius 2 is 1.97 bits per heavy atom. The lowest BCUT2D eigenvalue weighted by molar-refractivity contribution is -0.131. The Kier molecular flexibility index (Phi) is 8.22. The first kappa shape index (κ1) is 27.7. The van der Waals surface area contributed by atoms with E-state index in [4.69, 9.17) is 0 Å². The summed E-state index contributed by atoms with van der Waals surface area (Å²) >= 11 is 0. The molecule has 0 aromatic carbocycles. The molecule has 0 spiro atoms. The van der Waals surface area contributed by atoms with E-state index in [1.165, 1.54) is 10.9 Å². The minimum Gasteiger partial charge on any atom is -0.349 e. The lowest BCUT2D eigenvalue weighted by atomic mass is 9.79. The number of nitrogens with zero attached hydrogens (tertiary/aromatic N) is 7. The molecule has 206 valence electrons. The average molecular weight is 535 g/mol. The van der Waals surface area contributed by atoms with E-state index >= 15 is 0 Å². The zero-order valence-corrected chi connectivity index (χ0v) is 23.0. The number of allylic oxidation sites excluding steroid dienone is 2. The number of rotatable bonds is 9. The third-order valence-corrected chi connectivity index (χ3v) is 6.98. The zero-order valence-electron chi connectivity index (χ0n) is 23.0. The number of halogens is 1. The summed E-state index contributed by atoms with van der Waals surface area (Å²) in [6.07, 6.45) is 7.18. The molecule has 0 aliphatic carbocycles. The first-order chi connectivity index (χ1) is 18.6. The van der Waals surface area contributed by atoms with E-state index in [0.717, 1.165) is 23.2 Å². The molecule has 1 aliphatic heterocycles. The Morgan fingerprint density at radius 3 is 2.59 bits per heavy atom. The molecule has 0 saturated carbocycles. The number of amides is 1. The van der Waals surface area contributed by atoms with Crippen LogP contribution in [0.3, 0.4) is 0 Å². The first-order valence-electron chi connectivity index (χ1n) is 12.8. The number of piperidine rings is 1. The van der Waals surface area contributed by atoms with Crippen molar-refractivity contribution >= 4 is 36.0 Å². The number of nitrogens with one attached hydrogen (secondary N) is 3. The second kappa shape index (κ2) is 11.6. The SMILES string of the molecule is C=N/C(=C\C=C(/C)[C@H](C)NC(=O)C1(C)CCN(c2nc(C)cc(Nc3cc(C)[nH]n3)n2)CC1)n1cc(F)cn1. The van der Waals surface area contributed by atoms with Crippen molar-refractivity contribution in [1.29, 1.82) is 0 Å². The number of aliphatic imine (C=N–C) groups is 1. The Balaban J connectivity index is 1.36. The summed E-state index contributed by atoms with van der Waals surface area (Å²) in [5.41, 5.74) is 2.20. The molecule has 12 heteroatoms. The molecule has 1 amide bonds. The maximum atomic E-state index is 13.3. The number of carbonyl (C=O) groups is 1. The number of aryl methyl sites for hydroxylation is 2. The van der Waals surface area contributed by atoms with Crippen LogP contribution in [0.4, 0.5) is 22.0 Å². The summed E-state index contributed by atoms with van der Waals surface area (Å²) in [4.78, 5) is 28.6. The number of anilines is 3. The van der Waals surface area contributed by atoms with E-state index in [9.17, 15) is 9.18 Å². The standard InChI is InChI=1S/C27H35FN10O/c1-17(7-8-24(29-6)38-16-21(28)15-30-38)20(4)32-25(39)27(5)9-11-37(12-10-27)26-31-18(2)13-22(34-26)33-23-14-19(3)35-36-23/h7-8,13-16,20H,6,9-12H2,1-5H3,(H,32,39)(H2,31,33,34,35,36)/b17-7+,24-8+/t20-/m0/s1. The fourth-order valence-corrected chi connectivity index (χ4v) is 4.26. The molecule has 11 nitrogen and oxygen atoms in total. The summed E-state index contributed by atoms with van der Waals surface area (Å²) in [6, 6.07) is 3.58. The van der Waals surface area contributed by atoms with Gasteiger partial charge in [0.25, 0.3) is 0 Å². The van der Waals surface area contributed by atoms with Gasteiger partial charge in [-0.05, 0) is 53.3 Å². The summed E-state index contributed by atoms with van der Waals surface area (Å²) in [5, 5.41) is 17.4. The lowest BCUT2D eigenvalue weighted by Crippen LogP contribution is -2.49. The van der Waals surface area contributed by atoms with Gasteiger partial charge in [0, 0.05) is 48.1 Å². The molecule has 0 radical (unpaired) electrons. The lowest BCUT2D eigenvalue weighted by Gasteiger charge is -2.39. The molecular formula is C27H35FN10O. The number of aromatic amines is 1. The largest absolute Gasteiger partial charge is 0.349 e. The highest BCUT2D eigenvalue weighted by molar-refractivity contribution is 5.83. The Hall–Kier alpha value is -4.35. The second-order valence-corrected chi connectivity index (χ2v) is 10.2. The van der Waals surface area contributed by atoms with Crippen LogP contribution in [0.15, 0.2) is 47.2 Å². The van der Waals surface area contributed by atoms with Gasteiger partial charge in [-0.3, -0.25) is 9.89 Å². The van der Waals surface area contributed by atoms with Gasteiger partial charge in [-0.1, -0.05) is 18.6 Å². The molecule has 4 heterocycles. The molecule has 1 atom stereocenters. The average Bonchev–Trinajstić information content (AvgIpc) is 3.51. The van der Waals surface area contributed by atoms with Crippen LogP contribution >= 0.6 is 0 Å². The maximum absolute atomic E-state index is 13.3. The predicted octanol–water partition coefficient (Wildman–Crippen LogP) is 4.15. The molecule has 1 saturated heterocycles. The third-order valence-electron chi connectivity index (χ3n) is 6.98. The van der Waals surface area contributed by atoms with E-state index in [-0.39, 0.29) is 11.9 Å². The smallest absolute Gasteiger partial charge is 0.227 e. The molecule has 3 aromatic heterocycles. The fraction of sp³-hybridized carbons (Fsp3) is 0.407. The van der Waals surface area contributed by atoms with Crippen molar-refractivity contribution in [1.82, 2.24) is 35.3 Å². The van der Waals surface area contributed by atoms with Crippen LogP contribution in [0.5, 0.6) is 0 Å². The molecule has 1 fully saturated rings. The minimum absolute atomic E-state index is 0.00372. The topological polar surface area (TPSA) is 129 Å². The van der Waals surface area contributed by atoms with Gasteiger partial charge >= 0.3 is 0 Å². The summed E-state index contributed by atoms with van der Waals surface area (Å²) in [6.45, 7) is 14.6. The Morgan fingerprint density at radius 1 is 1.23 bits per heavy atom. The van der Waals surface area contributed by atoms with Crippen molar-refractivity contribution in [3.8, 4) is 0 Å². The van der Waals surface area contributed by atoms with Gasteiger partial charge in [0.05, 0.1) is 12.4 Å². The molecule has 0 bridgehead atoms. The fourth-order valence-electron chi connectivity index (χ4n) is 4.26. The highest BCUT2D eigenvalue weighted by atomic mass is 19.1. The first-order valence-corrected chi connectivity index (χ1v) is 12.8. The van der Waals surface area contributed by atoms with Crippen LogP contribution < -0.4 is 15.5 Å². The van der Waals surface area contributed by atoms with Gasteiger partial charge in [0.1, 0.15) is 5.82 Å². The second-order valence-electron chi connectivity index (χ2n) is 10.2. The van der Waals surface area contributed by atoms with E-state index in [1.807, 2.05) is 52.8 Å². The normalized spacial score (nSPS) is 16.6. The van der Waals surface area contributed by atoms with Crippen molar-refractivity contribution in [3.05, 3.63) is 59.5 Å². The number of hydrogen-bond acceptors (Lipinski definition) is 8. The maximum Gasteiger partial charge on any atom is 0.227 e. The van der Waals surface area contributed by atoms with Gasteiger partial charge in [-0.25, -0.2) is 19.0 Å². The van der Waals surface area contributed by atoms with Crippen LogP contribution in [0.2, 0.25) is 0 Å². The number of aromatic nitrogens is 6. The molecule has 0 unspecified atom stereocenters. The number of hydrogen-bond donors (Lipinski definition) is 3.